The largest absolute Gasteiger partial charge is 0.489 e. The van der Waals surface area contributed by atoms with Crippen LogP contribution in [0.4, 0.5) is 0 Å². The Bertz CT molecular complexity index is 613. The molecule has 0 amide bonds. The van der Waals surface area contributed by atoms with Crippen LogP contribution in [0.3, 0.4) is 0 Å². The minimum Gasteiger partial charge on any atom is -0.489 e. The van der Waals surface area contributed by atoms with Gasteiger partial charge in [0.25, 0.3) is 0 Å². The Kier molecular flexibility index (Phi) is 3.06. The fraction of sp³-hybridized carbons (Fsp3) is 0.278. The van der Waals surface area contributed by atoms with Gasteiger partial charge in [-0.3, -0.25) is 0 Å². The van der Waals surface area contributed by atoms with Crippen molar-refractivity contribution in [1.82, 2.24) is 0 Å². The maximum Gasteiger partial charge on any atom is 0.130 e. The summed E-state index contributed by atoms with van der Waals surface area (Å²) in [4.78, 5) is 0. The summed E-state index contributed by atoms with van der Waals surface area (Å²) in [7, 11) is 0. The van der Waals surface area contributed by atoms with Crippen molar-refractivity contribution in [1.29, 1.82) is 0 Å². The lowest BCUT2D eigenvalue weighted by molar-refractivity contribution is 0.282. The van der Waals surface area contributed by atoms with Gasteiger partial charge in [0.15, 0.2) is 0 Å². The summed E-state index contributed by atoms with van der Waals surface area (Å²) in [6, 6.07) is 13.0. The van der Waals surface area contributed by atoms with Gasteiger partial charge in [0.05, 0.1) is 0 Å². The van der Waals surface area contributed by atoms with Crippen molar-refractivity contribution in [2.24, 2.45) is 0 Å². The Morgan fingerprint density at radius 3 is 2.74 bits per heavy atom. The number of aryl methyl sites for hydroxylation is 2. The first kappa shape index (κ1) is 12.3. The molecule has 0 saturated heterocycles. The molecule has 1 aliphatic heterocycles. The van der Waals surface area contributed by atoms with E-state index in [0.29, 0.717) is 0 Å². The first-order valence-corrected chi connectivity index (χ1v) is 6.90. The van der Waals surface area contributed by atoms with Crippen molar-refractivity contribution in [3.8, 4) is 16.9 Å². The molecule has 1 unspecified atom stereocenters. The minimum atomic E-state index is 0.0462. The van der Waals surface area contributed by atoms with E-state index < -0.39 is 0 Å². The molecule has 1 heterocycles. The lowest BCUT2D eigenvalue weighted by Crippen LogP contribution is -2.06. The number of hydrogen-bond acceptors (Lipinski definition) is 1. The molecule has 1 heteroatoms. The molecule has 0 aromatic heterocycles. The van der Waals surface area contributed by atoms with Crippen LogP contribution in [-0.2, 0) is 12.8 Å². The SMILES string of the molecule is [CH2]C1Cc2cc(CC)cc(-c3ccccc3C)c2O1. The molecular formula is C18H19O. The van der Waals surface area contributed by atoms with Crippen LogP contribution in [0.2, 0.25) is 0 Å². The van der Waals surface area contributed by atoms with E-state index in [-0.39, 0.29) is 6.10 Å². The normalized spacial score (nSPS) is 17.1. The highest BCUT2D eigenvalue weighted by atomic mass is 16.5. The highest BCUT2D eigenvalue weighted by molar-refractivity contribution is 5.76. The molecule has 0 saturated carbocycles. The van der Waals surface area contributed by atoms with E-state index >= 15 is 0 Å². The van der Waals surface area contributed by atoms with Crippen LogP contribution in [0.15, 0.2) is 36.4 Å². The average Bonchev–Trinajstić information content (AvgIpc) is 2.78. The molecule has 0 aliphatic carbocycles. The van der Waals surface area contributed by atoms with E-state index in [0.717, 1.165) is 18.6 Å². The lowest BCUT2D eigenvalue weighted by atomic mass is 9.94. The second kappa shape index (κ2) is 4.73. The standard InChI is InChI=1S/C18H19O/c1-4-14-10-15-9-13(3)19-18(15)17(11-14)16-8-6-5-7-12(16)2/h5-8,10-11,13H,3-4,9H2,1-2H3. The summed E-state index contributed by atoms with van der Waals surface area (Å²) in [5.74, 6) is 1.03. The van der Waals surface area contributed by atoms with E-state index in [1.165, 1.54) is 27.8 Å². The van der Waals surface area contributed by atoms with Crippen molar-refractivity contribution in [3.05, 3.63) is 60.0 Å². The third kappa shape index (κ3) is 2.14. The Morgan fingerprint density at radius 1 is 1.21 bits per heavy atom. The molecule has 1 radical (unpaired) electrons. The van der Waals surface area contributed by atoms with Crippen LogP contribution in [0.1, 0.15) is 23.6 Å². The van der Waals surface area contributed by atoms with Crippen molar-refractivity contribution in [2.45, 2.75) is 32.8 Å². The third-order valence-electron chi connectivity index (χ3n) is 3.80. The van der Waals surface area contributed by atoms with Crippen LogP contribution >= 0.6 is 0 Å². The van der Waals surface area contributed by atoms with E-state index in [2.05, 4.69) is 57.2 Å². The summed E-state index contributed by atoms with van der Waals surface area (Å²) in [6.45, 7) is 8.39. The first-order valence-electron chi connectivity index (χ1n) is 6.90. The fourth-order valence-corrected chi connectivity index (χ4v) is 2.78. The molecule has 3 rings (SSSR count). The lowest BCUT2D eigenvalue weighted by Gasteiger charge is -2.13. The van der Waals surface area contributed by atoms with Gasteiger partial charge in [0.1, 0.15) is 11.9 Å². The molecule has 1 nitrogen and oxygen atoms in total. The zero-order valence-electron chi connectivity index (χ0n) is 11.6. The van der Waals surface area contributed by atoms with Crippen LogP contribution in [0.25, 0.3) is 11.1 Å². The molecule has 0 N–H and O–H groups in total. The maximum atomic E-state index is 5.94. The molecule has 97 valence electrons. The molecule has 1 aliphatic rings. The summed E-state index contributed by atoms with van der Waals surface area (Å²) in [5.41, 5.74) is 6.45. The Balaban J connectivity index is 2.21. The highest BCUT2D eigenvalue weighted by Gasteiger charge is 2.24. The number of rotatable bonds is 2. The highest BCUT2D eigenvalue weighted by Crippen LogP contribution is 2.40. The molecule has 0 fully saturated rings. The van der Waals surface area contributed by atoms with Gasteiger partial charge >= 0.3 is 0 Å². The van der Waals surface area contributed by atoms with Gasteiger partial charge < -0.3 is 4.74 Å². The molecule has 19 heavy (non-hydrogen) atoms. The predicted molar refractivity (Wildman–Crippen MR) is 79.5 cm³/mol. The van der Waals surface area contributed by atoms with Gasteiger partial charge in [0, 0.05) is 12.0 Å². The van der Waals surface area contributed by atoms with Gasteiger partial charge in [-0.15, -0.1) is 0 Å². The van der Waals surface area contributed by atoms with Crippen molar-refractivity contribution >= 4 is 0 Å². The fourth-order valence-electron chi connectivity index (χ4n) is 2.78. The zero-order chi connectivity index (χ0) is 13.4. The van der Waals surface area contributed by atoms with E-state index in [1.807, 2.05) is 0 Å². The molecule has 1 atom stereocenters. The van der Waals surface area contributed by atoms with Crippen molar-refractivity contribution in [2.75, 3.05) is 0 Å². The molecule has 0 spiro atoms. The van der Waals surface area contributed by atoms with Crippen LogP contribution in [0.5, 0.6) is 5.75 Å². The second-order valence-electron chi connectivity index (χ2n) is 5.24. The number of fused-ring (bicyclic) bond motifs is 1. The van der Waals surface area contributed by atoms with Crippen molar-refractivity contribution in [3.63, 3.8) is 0 Å². The zero-order valence-corrected chi connectivity index (χ0v) is 11.6. The van der Waals surface area contributed by atoms with E-state index in [1.54, 1.807) is 0 Å². The van der Waals surface area contributed by atoms with Gasteiger partial charge in [-0.05, 0) is 48.6 Å². The molecular weight excluding hydrogens is 232 g/mol. The van der Waals surface area contributed by atoms with Gasteiger partial charge in [0.2, 0.25) is 0 Å². The van der Waals surface area contributed by atoms with Gasteiger partial charge in [-0.25, -0.2) is 0 Å². The average molecular weight is 251 g/mol. The van der Waals surface area contributed by atoms with Crippen molar-refractivity contribution < 1.29 is 4.74 Å². The van der Waals surface area contributed by atoms with Crippen LogP contribution < -0.4 is 4.74 Å². The van der Waals surface area contributed by atoms with Crippen LogP contribution in [0, 0.1) is 13.8 Å². The number of ether oxygens (including phenoxy) is 1. The minimum absolute atomic E-state index is 0.0462. The summed E-state index contributed by atoms with van der Waals surface area (Å²) >= 11 is 0. The Labute approximate surface area is 115 Å². The Morgan fingerprint density at radius 2 is 2.00 bits per heavy atom. The predicted octanol–water partition coefficient (Wildman–Crippen LogP) is 4.36. The van der Waals surface area contributed by atoms with Gasteiger partial charge in [-0.2, -0.15) is 0 Å². The van der Waals surface area contributed by atoms with Crippen LogP contribution in [-0.4, -0.2) is 6.10 Å². The third-order valence-corrected chi connectivity index (χ3v) is 3.80. The summed E-state index contributed by atoms with van der Waals surface area (Å²) in [5, 5.41) is 0. The number of benzene rings is 2. The smallest absolute Gasteiger partial charge is 0.130 e. The quantitative estimate of drug-likeness (QED) is 0.770. The van der Waals surface area contributed by atoms with E-state index in [9.17, 15) is 0 Å². The topological polar surface area (TPSA) is 9.23 Å². The number of hydrogen-bond donors (Lipinski definition) is 0. The first-order chi connectivity index (χ1) is 9.19. The second-order valence-corrected chi connectivity index (χ2v) is 5.24. The maximum absolute atomic E-state index is 5.94. The molecule has 2 aromatic rings. The summed E-state index contributed by atoms with van der Waals surface area (Å²) < 4.78 is 5.94. The van der Waals surface area contributed by atoms with E-state index in [4.69, 9.17) is 4.74 Å². The molecule has 2 aromatic carbocycles. The Hall–Kier alpha value is -1.76. The monoisotopic (exact) mass is 251 g/mol. The van der Waals surface area contributed by atoms with Gasteiger partial charge in [-0.1, -0.05) is 37.3 Å². The molecule has 0 bridgehead atoms. The summed E-state index contributed by atoms with van der Waals surface area (Å²) in [6.07, 6.45) is 2.01.